The number of allylic oxidation sites excluding steroid dienone is 1. The first-order chi connectivity index (χ1) is 7.75. The summed E-state index contributed by atoms with van der Waals surface area (Å²) in [6.45, 7) is 3.66. The monoisotopic (exact) mass is 219 g/mol. The Hall–Kier alpha value is -1.64. The molecule has 0 bridgehead atoms. The van der Waals surface area contributed by atoms with Gasteiger partial charge in [0.15, 0.2) is 0 Å². The van der Waals surface area contributed by atoms with Crippen molar-refractivity contribution in [2.24, 2.45) is 0 Å². The van der Waals surface area contributed by atoms with Crippen LogP contribution in [0.2, 0.25) is 0 Å². The molecule has 1 rings (SSSR count). The fourth-order valence-corrected chi connectivity index (χ4v) is 1.59. The van der Waals surface area contributed by atoms with Crippen LogP contribution >= 0.6 is 0 Å². The van der Waals surface area contributed by atoms with Crippen molar-refractivity contribution in [1.82, 2.24) is 4.98 Å². The van der Waals surface area contributed by atoms with Gasteiger partial charge in [-0.15, -0.1) is 6.58 Å². The van der Waals surface area contributed by atoms with Crippen LogP contribution in [0.3, 0.4) is 0 Å². The zero-order chi connectivity index (χ0) is 11.8. The molecule has 1 heterocycles. The number of hydrogen-bond acceptors (Lipinski definition) is 2. The molecule has 1 N–H and O–H groups in total. The number of carbonyl (C=O) groups is 1. The first-order valence-corrected chi connectivity index (χ1v) is 5.53. The van der Waals surface area contributed by atoms with Crippen LogP contribution in [0.1, 0.15) is 41.7 Å². The summed E-state index contributed by atoms with van der Waals surface area (Å²) in [4.78, 5) is 15.0. The first kappa shape index (κ1) is 12.4. The SMILES string of the molecule is C=CCCCCCc1ncccc1C(=O)O. The van der Waals surface area contributed by atoms with Crippen molar-refractivity contribution in [3.05, 3.63) is 42.2 Å². The van der Waals surface area contributed by atoms with Gasteiger partial charge in [0.05, 0.1) is 11.3 Å². The van der Waals surface area contributed by atoms with Crippen LogP contribution in [-0.2, 0) is 6.42 Å². The number of carboxylic acids is 1. The average Bonchev–Trinajstić information content (AvgIpc) is 2.29. The summed E-state index contributed by atoms with van der Waals surface area (Å²) in [7, 11) is 0. The van der Waals surface area contributed by atoms with E-state index in [0.717, 1.165) is 32.1 Å². The minimum Gasteiger partial charge on any atom is -0.478 e. The molecule has 1 aromatic rings. The van der Waals surface area contributed by atoms with Crippen molar-refractivity contribution in [3.8, 4) is 0 Å². The first-order valence-electron chi connectivity index (χ1n) is 5.53. The van der Waals surface area contributed by atoms with Gasteiger partial charge < -0.3 is 5.11 Å². The van der Waals surface area contributed by atoms with Gasteiger partial charge in [-0.05, 0) is 37.8 Å². The zero-order valence-corrected chi connectivity index (χ0v) is 9.35. The summed E-state index contributed by atoms with van der Waals surface area (Å²) in [6.07, 6.45) is 8.48. The van der Waals surface area contributed by atoms with Gasteiger partial charge in [0.1, 0.15) is 0 Å². The molecule has 0 spiro atoms. The number of carboxylic acid groups (broad SMARTS) is 1. The van der Waals surface area contributed by atoms with E-state index in [4.69, 9.17) is 5.11 Å². The Morgan fingerprint density at radius 3 is 2.94 bits per heavy atom. The standard InChI is InChI=1S/C13H17NO2/c1-2-3-4-5-6-9-12-11(13(15)16)8-7-10-14-12/h2,7-8,10H,1,3-6,9H2,(H,15,16). The number of aryl methyl sites for hydroxylation is 1. The summed E-state index contributed by atoms with van der Waals surface area (Å²) in [5.74, 6) is -0.894. The second kappa shape index (κ2) is 6.77. The largest absolute Gasteiger partial charge is 0.478 e. The molecular formula is C13H17NO2. The van der Waals surface area contributed by atoms with Crippen molar-refractivity contribution in [2.75, 3.05) is 0 Å². The second-order valence-corrected chi connectivity index (χ2v) is 3.69. The Labute approximate surface area is 95.8 Å². The van der Waals surface area contributed by atoms with Crippen molar-refractivity contribution in [1.29, 1.82) is 0 Å². The van der Waals surface area contributed by atoms with Gasteiger partial charge in [0, 0.05) is 6.20 Å². The smallest absolute Gasteiger partial charge is 0.337 e. The molecule has 0 saturated carbocycles. The highest BCUT2D eigenvalue weighted by atomic mass is 16.4. The minimum atomic E-state index is -0.894. The number of hydrogen-bond donors (Lipinski definition) is 1. The van der Waals surface area contributed by atoms with Gasteiger partial charge in [0.2, 0.25) is 0 Å². The van der Waals surface area contributed by atoms with Gasteiger partial charge in [-0.3, -0.25) is 4.98 Å². The quantitative estimate of drug-likeness (QED) is 0.566. The highest BCUT2D eigenvalue weighted by Crippen LogP contribution is 2.10. The number of unbranched alkanes of at least 4 members (excludes halogenated alkanes) is 3. The molecule has 86 valence electrons. The van der Waals surface area contributed by atoms with Crippen molar-refractivity contribution in [2.45, 2.75) is 32.1 Å². The molecule has 0 amide bonds. The van der Waals surface area contributed by atoms with Crippen LogP contribution in [0.25, 0.3) is 0 Å². The molecule has 0 radical (unpaired) electrons. The molecule has 1 aromatic heterocycles. The van der Waals surface area contributed by atoms with E-state index >= 15 is 0 Å². The van der Waals surface area contributed by atoms with Crippen LogP contribution < -0.4 is 0 Å². The van der Waals surface area contributed by atoms with E-state index in [0.29, 0.717) is 11.3 Å². The van der Waals surface area contributed by atoms with Crippen LogP contribution in [0.15, 0.2) is 31.0 Å². The fourth-order valence-electron chi connectivity index (χ4n) is 1.59. The zero-order valence-electron chi connectivity index (χ0n) is 9.35. The summed E-state index contributed by atoms with van der Waals surface area (Å²) in [5, 5.41) is 8.95. The molecule has 0 atom stereocenters. The maximum atomic E-state index is 10.9. The van der Waals surface area contributed by atoms with Gasteiger partial charge in [-0.2, -0.15) is 0 Å². The summed E-state index contributed by atoms with van der Waals surface area (Å²) >= 11 is 0. The number of aromatic nitrogens is 1. The highest BCUT2D eigenvalue weighted by Gasteiger charge is 2.09. The molecule has 16 heavy (non-hydrogen) atoms. The highest BCUT2D eigenvalue weighted by molar-refractivity contribution is 5.88. The molecule has 0 aliphatic heterocycles. The molecular weight excluding hydrogens is 202 g/mol. The van der Waals surface area contributed by atoms with Gasteiger partial charge in [-0.25, -0.2) is 4.79 Å². The lowest BCUT2D eigenvalue weighted by Gasteiger charge is -2.03. The Balaban J connectivity index is 2.47. The van der Waals surface area contributed by atoms with Crippen LogP contribution in [0.4, 0.5) is 0 Å². The third-order valence-corrected chi connectivity index (χ3v) is 2.44. The van der Waals surface area contributed by atoms with E-state index in [2.05, 4.69) is 11.6 Å². The predicted octanol–water partition coefficient (Wildman–Crippen LogP) is 3.07. The predicted molar refractivity (Wildman–Crippen MR) is 63.6 cm³/mol. The Morgan fingerprint density at radius 2 is 2.25 bits per heavy atom. The summed E-state index contributed by atoms with van der Waals surface area (Å²) < 4.78 is 0. The molecule has 3 nitrogen and oxygen atoms in total. The van der Waals surface area contributed by atoms with Crippen LogP contribution in [0, 0.1) is 0 Å². The molecule has 0 aromatic carbocycles. The molecule has 0 saturated heterocycles. The summed E-state index contributed by atoms with van der Waals surface area (Å²) in [6, 6.07) is 3.26. The molecule has 3 heteroatoms. The third kappa shape index (κ3) is 3.85. The van der Waals surface area contributed by atoms with Crippen molar-refractivity contribution >= 4 is 5.97 Å². The molecule has 0 unspecified atom stereocenters. The molecule has 0 aliphatic carbocycles. The van der Waals surface area contributed by atoms with Gasteiger partial charge in [-0.1, -0.05) is 12.5 Å². The lowest BCUT2D eigenvalue weighted by molar-refractivity contribution is 0.0695. The van der Waals surface area contributed by atoms with Gasteiger partial charge in [0.25, 0.3) is 0 Å². The minimum absolute atomic E-state index is 0.325. The maximum absolute atomic E-state index is 10.9. The van der Waals surface area contributed by atoms with E-state index in [9.17, 15) is 4.79 Å². The maximum Gasteiger partial charge on any atom is 0.337 e. The van der Waals surface area contributed by atoms with E-state index in [1.165, 1.54) is 0 Å². The fraction of sp³-hybridized carbons (Fsp3) is 0.385. The lowest BCUT2D eigenvalue weighted by Crippen LogP contribution is -2.04. The number of rotatable bonds is 7. The molecule has 0 aliphatic rings. The molecule has 0 fully saturated rings. The topological polar surface area (TPSA) is 50.2 Å². The van der Waals surface area contributed by atoms with Crippen molar-refractivity contribution in [3.63, 3.8) is 0 Å². The van der Waals surface area contributed by atoms with E-state index in [1.54, 1.807) is 18.3 Å². The second-order valence-electron chi connectivity index (χ2n) is 3.69. The number of aromatic carboxylic acids is 1. The lowest BCUT2D eigenvalue weighted by atomic mass is 10.1. The normalized spacial score (nSPS) is 10.0. The number of pyridine rings is 1. The Kier molecular flexibility index (Phi) is 5.26. The van der Waals surface area contributed by atoms with Crippen LogP contribution in [0.5, 0.6) is 0 Å². The van der Waals surface area contributed by atoms with Crippen molar-refractivity contribution < 1.29 is 9.90 Å². The van der Waals surface area contributed by atoms with E-state index in [1.807, 2.05) is 6.08 Å². The van der Waals surface area contributed by atoms with Crippen LogP contribution in [-0.4, -0.2) is 16.1 Å². The Morgan fingerprint density at radius 1 is 1.44 bits per heavy atom. The average molecular weight is 219 g/mol. The number of nitrogens with zero attached hydrogens (tertiary/aromatic N) is 1. The summed E-state index contributed by atoms with van der Waals surface area (Å²) in [5.41, 5.74) is 1.01. The Bertz CT molecular complexity index is 361. The van der Waals surface area contributed by atoms with Gasteiger partial charge >= 0.3 is 5.97 Å². The van der Waals surface area contributed by atoms with E-state index in [-0.39, 0.29) is 0 Å². The third-order valence-electron chi connectivity index (χ3n) is 2.44. The van der Waals surface area contributed by atoms with E-state index < -0.39 is 5.97 Å².